The summed E-state index contributed by atoms with van der Waals surface area (Å²) in [6, 6.07) is 22.4. The summed E-state index contributed by atoms with van der Waals surface area (Å²) in [7, 11) is 1.40. The number of anilines is 1. The number of nitrogens with one attached hydrogen (secondary N) is 2. The molecule has 2 aliphatic rings. The van der Waals surface area contributed by atoms with Gasteiger partial charge >= 0.3 is 12.0 Å². The minimum absolute atomic E-state index is 0.121. The summed E-state index contributed by atoms with van der Waals surface area (Å²) >= 11 is 6.35. The lowest BCUT2D eigenvalue weighted by atomic mass is 9.82. The quantitative estimate of drug-likeness (QED) is 0.266. The zero-order valence-electron chi connectivity index (χ0n) is 24.2. The van der Waals surface area contributed by atoms with E-state index in [1.165, 1.54) is 12.0 Å². The van der Waals surface area contributed by atoms with Crippen LogP contribution in [-0.4, -0.2) is 67.0 Å². The number of rotatable bonds is 9. The number of esters is 1. The molecule has 0 radical (unpaired) electrons. The number of carbonyl (C=O) groups is 3. The van der Waals surface area contributed by atoms with E-state index in [0.29, 0.717) is 24.5 Å². The average Bonchev–Trinajstić information content (AvgIpc) is 3.25. The van der Waals surface area contributed by atoms with Gasteiger partial charge in [-0.3, -0.25) is 14.5 Å². The van der Waals surface area contributed by atoms with Crippen LogP contribution < -0.4 is 10.6 Å². The number of amides is 3. The maximum atomic E-state index is 14.1. The molecule has 3 amide bonds. The van der Waals surface area contributed by atoms with Gasteiger partial charge in [-0.05, 0) is 56.5 Å². The number of halogens is 1. The van der Waals surface area contributed by atoms with Crippen molar-refractivity contribution in [1.82, 2.24) is 15.1 Å². The summed E-state index contributed by atoms with van der Waals surface area (Å²) in [4.78, 5) is 43.6. The molecule has 2 fully saturated rings. The van der Waals surface area contributed by atoms with Gasteiger partial charge in [-0.1, -0.05) is 83.4 Å². The Kier molecular flexibility index (Phi) is 8.85. The first kappa shape index (κ1) is 29.6. The molecular weight excluding hydrogens is 552 g/mol. The summed E-state index contributed by atoms with van der Waals surface area (Å²) < 4.78 is 5.13. The number of aryl methyl sites for hydroxylation is 2. The number of piperidine rings is 1. The number of likely N-dealkylation sites (tertiary alicyclic amines) is 1. The van der Waals surface area contributed by atoms with Crippen LogP contribution in [0.2, 0.25) is 5.02 Å². The van der Waals surface area contributed by atoms with Crippen LogP contribution in [0.25, 0.3) is 0 Å². The van der Waals surface area contributed by atoms with E-state index in [1.54, 1.807) is 0 Å². The maximum absolute atomic E-state index is 14.1. The summed E-state index contributed by atoms with van der Waals surface area (Å²) in [5, 5.41) is 7.06. The van der Waals surface area contributed by atoms with Gasteiger partial charge in [-0.2, -0.15) is 0 Å². The lowest BCUT2D eigenvalue weighted by molar-refractivity contribution is -0.147. The molecule has 2 aliphatic heterocycles. The monoisotopic (exact) mass is 588 g/mol. The van der Waals surface area contributed by atoms with Gasteiger partial charge in [0.05, 0.1) is 23.7 Å². The molecule has 42 heavy (non-hydrogen) atoms. The number of imide groups is 1. The molecule has 9 heteroatoms. The van der Waals surface area contributed by atoms with Crippen molar-refractivity contribution in [3.8, 4) is 0 Å². The standard InChI is InChI=1S/C33H37ClN4O4/c1-22-9-13-24(14-10-22)33(25-15-11-23(2)12-16-25)31(40)38(32(41)36-33)19-6-18-37-20-17-28(26(21-37)30(39)42-3)35-29-8-5-4-7-27(29)34/h4-5,7-16,26,28,35H,6,17-21H2,1-3H3,(H,36,41). The normalized spacial score (nSPS) is 20.3. The molecule has 0 aliphatic carbocycles. The number of para-hydroxylation sites is 1. The highest BCUT2D eigenvalue weighted by Gasteiger charge is 2.53. The van der Waals surface area contributed by atoms with Gasteiger partial charge in [0.25, 0.3) is 5.91 Å². The summed E-state index contributed by atoms with van der Waals surface area (Å²) in [5.74, 6) is -0.943. The van der Waals surface area contributed by atoms with E-state index in [1.807, 2.05) is 86.6 Å². The first-order chi connectivity index (χ1) is 20.2. The van der Waals surface area contributed by atoms with Crippen LogP contribution in [0.15, 0.2) is 72.8 Å². The number of benzene rings is 3. The number of nitrogens with zero attached hydrogens (tertiary/aromatic N) is 2. The van der Waals surface area contributed by atoms with Crippen LogP contribution in [0.3, 0.4) is 0 Å². The second-order valence-electron chi connectivity index (χ2n) is 11.2. The van der Waals surface area contributed by atoms with Crippen molar-refractivity contribution in [2.24, 2.45) is 5.92 Å². The third-order valence-corrected chi connectivity index (χ3v) is 8.68. The van der Waals surface area contributed by atoms with E-state index in [-0.39, 0.29) is 30.4 Å². The molecule has 220 valence electrons. The van der Waals surface area contributed by atoms with Gasteiger partial charge < -0.3 is 20.3 Å². The number of methoxy groups -OCH3 is 1. The zero-order valence-corrected chi connectivity index (χ0v) is 25.0. The fraction of sp³-hybridized carbons (Fsp3) is 0.364. The van der Waals surface area contributed by atoms with E-state index in [9.17, 15) is 14.4 Å². The third kappa shape index (κ3) is 5.87. The first-order valence-electron chi connectivity index (χ1n) is 14.3. The van der Waals surface area contributed by atoms with Crippen molar-refractivity contribution in [1.29, 1.82) is 0 Å². The van der Waals surface area contributed by atoms with Crippen molar-refractivity contribution in [2.75, 3.05) is 38.6 Å². The summed E-state index contributed by atoms with van der Waals surface area (Å²) in [6.07, 6.45) is 1.30. The highest BCUT2D eigenvalue weighted by atomic mass is 35.5. The molecule has 2 N–H and O–H groups in total. The molecular formula is C33H37ClN4O4. The lowest BCUT2D eigenvalue weighted by Crippen LogP contribution is -2.50. The molecule has 2 atom stereocenters. The van der Waals surface area contributed by atoms with E-state index in [4.69, 9.17) is 16.3 Å². The van der Waals surface area contributed by atoms with Gasteiger partial charge in [-0.15, -0.1) is 0 Å². The molecule has 0 saturated carbocycles. The molecule has 2 unspecified atom stereocenters. The third-order valence-electron chi connectivity index (χ3n) is 8.35. The van der Waals surface area contributed by atoms with Crippen molar-refractivity contribution < 1.29 is 19.1 Å². The van der Waals surface area contributed by atoms with Crippen molar-refractivity contribution in [3.63, 3.8) is 0 Å². The highest BCUT2D eigenvalue weighted by molar-refractivity contribution is 6.33. The van der Waals surface area contributed by atoms with Crippen LogP contribution in [0.4, 0.5) is 10.5 Å². The van der Waals surface area contributed by atoms with Crippen LogP contribution in [-0.2, 0) is 19.9 Å². The highest BCUT2D eigenvalue weighted by Crippen LogP contribution is 2.36. The Bertz CT molecular complexity index is 1400. The second kappa shape index (κ2) is 12.5. The second-order valence-corrected chi connectivity index (χ2v) is 11.6. The fourth-order valence-electron chi connectivity index (χ4n) is 5.96. The molecule has 3 aromatic rings. The van der Waals surface area contributed by atoms with E-state index in [2.05, 4.69) is 15.5 Å². The van der Waals surface area contributed by atoms with Crippen LogP contribution in [0, 0.1) is 19.8 Å². The number of hydrogen-bond donors (Lipinski definition) is 2. The molecule has 0 spiro atoms. The van der Waals surface area contributed by atoms with Crippen molar-refractivity contribution in [3.05, 3.63) is 100 Å². The molecule has 2 saturated heterocycles. The molecule has 5 rings (SSSR count). The lowest BCUT2D eigenvalue weighted by Gasteiger charge is -2.38. The van der Waals surface area contributed by atoms with Gasteiger partial charge in [-0.25, -0.2) is 4.79 Å². The Morgan fingerprint density at radius 3 is 2.19 bits per heavy atom. The van der Waals surface area contributed by atoms with Gasteiger partial charge in [0.1, 0.15) is 0 Å². The smallest absolute Gasteiger partial charge is 0.325 e. The predicted octanol–water partition coefficient (Wildman–Crippen LogP) is 5.12. The number of ether oxygens (including phenoxy) is 1. The van der Waals surface area contributed by atoms with Crippen molar-refractivity contribution in [2.45, 2.75) is 38.3 Å². The topological polar surface area (TPSA) is 91.0 Å². The Hall–Kier alpha value is -3.88. The Balaban J connectivity index is 1.27. The Labute approximate surface area is 252 Å². The van der Waals surface area contributed by atoms with Crippen LogP contribution in [0.5, 0.6) is 0 Å². The largest absolute Gasteiger partial charge is 0.469 e. The molecule has 2 heterocycles. The fourth-order valence-corrected chi connectivity index (χ4v) is 6.15. The maximum Gasteiger partial charge on any atom is 0.325 e. The Morgan fingerprint density at radius 2 is 1.60 bits per heavy atom. The van der Waals surface area contributed by atoms with Gasteiger partial charge in [0.15, 0.2) is 5.54 Å². The summed E-state index contributed by atoms with van der Waals surface area (Å²) in [6.45, 7) is 6.14. The first-order valence-corrected chi connectivity index (χ1v) is 14.7. The molecule has 0 bridgehead atoms. The molecule has 8 nitrogen and oxygen atoms in total. The SMILES string of the molecule is COC(=O)C1CN(CCCN2C(=O)NC(c3ccc(C)cc3)(c3ccc(C)cc3)C2=O)CCC1Nc1ccccc1Cl. The van der Waals surface area contributed by atoms with E-state index in [0.717, 1.165) is 40.9 Å². The van der Waals surface area contributed by atoms with Crippen LogP contribution in [0.1, 0.15) is 35.1 Å². The zero-order chi connectivity index (χ0) is 29.9. The molecule has 0 aromatic heterocycles. The van der Waals surface area contributed by atoms with Crippen LogP contribution >= 0.6 is 11.6 Å². The minimum Gasteiger partial charge on any atom is -0.469 e. The predicted molar refractivity (Wildman–Crippen MR) is 163 cm³/mol. The number of urea groups is 1. The van der Waals surface area contributed by atoms with E-state index < -0.39 is 11.6 Å². The Morgan fingerprint density at radius 1 is 0.976 bits per heavy atom. The van der Waals surface area contributed by atoms with Gasteiger partial charge in [0.2, 0.25) is 0 Å². The summed E-state index contributed by atoms with van der Waals surface area (Å²) in [5.41, 5.74) is 3.11. The number of carbonyl (C=O) groups excluding carboxylic acids is 3. The van der Waals surface area contributed by atoms with Gasteiger partial charge in [0, 0.05) is 25.7 Å². The molecule has 3 aromatic carbocycles. The average molecular weight is 589 g/mol. The minimum atomic E-state index is -1.28. The van der Waals surface area contributed by atoms with Crippen molar-refractivity contribution >= 4 is 35.2 Å². The number of hydrogen-bond acceptors (Lipinski definition) is 6. The van der Waals surface area contributed by atoms with E-state index >= 15 is 0 Å².